The van der Waals surface area contributed by atoms with Crippen molar-refractivity contribution in [2.45, 2.75) is 0 Å². The van der Waals surface area contributed by atoms with E-state index in [0.717, 1.165) is 0 Å². The first kappa shape index (κ1) is 10.4. The zero-order valence-corrected chi connectivity index (χ0v) is 11.2. The highest BCUT2D eigenvalue weighted by molar-refractivity contribution is 7.25. The largest absolute Gasteiger partial charge is 0.418 e. The molecule has 1 nitrogen and oxygen atoms in total. The molecule has 0 amide bonds. The fourth-order valence-corrected chi connectivity index (χ4v) is 4.26. The van der Waals surface area contributed by atoms with Crippen LogP contribution in [-0.4, -0.2) is 6.85 Å². The molecule has 0 aliphatic carbocycles. The molecular formula is C14H10BNS2. The highest BCUT2D eigenvalue weighted by atomic mass is 32.1. The van der Waals surface area contributed by atoms with Crippen LogP contribution >= 0.6 is 22.7 Å². The molecule has 4 rings (SSSR count). The van der Waals surface area contributed by atoms with Crippen LogP contribution in [0.3, 0.4) is 0 Å². The molecule has 1 aromatic carbocycles. The van der Waals surface area contributed by atoms with E-state index in [2.05, 4.69) is 57.8 Å². The second-order valence-electron chi connectivity index (χ2n) is 4.39. The minimum absolute atomic E-state index is 0.295. The molecule has 4 heteroatoms. The van der Waals surface area contributed by atoms with E-state index in [1.807, 2.05) is 11.3 Å². The third-order valence-corrected chi connectivity index (χ3v) is 5.07. The monoisotopic (exact) mass is 267 g/mol. The normalized spacial score (nSPS) is 12.8. The minimum atomic E-state index is 0.295. The van der Waals surface area contributed by atoms with Gasteiger partial charge < -0.3 is 5.23 Å². The van der Waals surface area contributed by atoms with Crippen LogP contribution in [0.25, 0.3) is 11.1 Å². The zero-order valence-electron chi connectivity index (χ0n) is 9.59. The summed E-state index contributed by atoms with van der Waals surface area (Å²) in [5.41, 5.74) is 5.34. The molecule has 1 aliphatic heterocycles. The number of thiophene rings is 2. The van der Waals surface area contributed by atoms with Crippen molar-refractivity contribution in [3.63, 3.8) is 0 Å². The second kappa shape index (κ2) is 4.00. The predicted molar refractivity (Wildman–Crippen MR) is 82.7 cm³/mol. The van der Waals surface area contributed by atoms with Gasteiger partial charge in [-0.3, -0.25) is 0 Å². The van der Waals surface area contributed by atoms with Crippen LogP contribution in [0.5, 0.6) is 0 Å². The van der Waals surface area contributed by atoms with Crippen molar-refractivity contribution < 1.29 is 0 Å². The first-order valence-corrected chi connectivity index (χ1v) is 7.71. The van der Waals surface area contributed by atoms with Gasteiger partial charge in [-0.15, -0.1) is 11.3 Å². The van der Waals surface area contributed by atoms with Crippen molar-refractivity contribution >= 4 is 45.4 Å². The van der Waals surface area contributed by atoms with Crippen LogP contribution in [0.2, 0.25) is 0 Å². The molecule has 0 unspecified atom stereocenters. The van der Waals surface area contributed by atoms with Crippen molar-refractivity contribution in [1.82, 2.24) is 0 Å². The summed E-state index contributed by atoms with van der Waals surface area (Å²) in [4.78, 5) is 0. The minimum Gasteiger partial charge on any atom is -0.418 e. The third-order valence-electron chi connectivity index (χ3n) is 3.34. The van der Waals surface area contributed by atoms with E-state index in [4.69, 9.17) is 0 Å². The fraction of sp³-hybridized carbons (Fsp3) is 0. The van der Waals surface area contributed by atoms with Crippen molar-refractivity contribution in [3.05, 3.63) is 52.5 Å². The van der Waals surface area contributed by atoms with Crippen molar-refractivity contribution in [2.24, 2.45) is 0 Å². The number of rotatable bonds is 1. The molecule has 1 aliphatic rings. The van der Waals surface area contributed by atoms with E-state index in [1.165, 1.54) is 27.1 Å². The van der Waals surface area contributed by atoms with Crippen LogP contribution in [0.15, 0.2) is 52.5 Å². The Bertz CT molecular complexity index is 687. The molecule has 0 spiro atoms. The lowest BCUT2D eigenvalue weighted by Crippen LogP contribution is -2.50. The molecule has 0 saturated heterocycles. The number of hydrogen-bond donors (Lipinski definition) is 1. The average Bonchev–Trinajstić information content (AvgIpc) is 3.06. The molecule has 3 aromatic rings. The average molecular weight is 267 g/mol. The Hall–Kier alpha value is -1.52. The van der Waals surface area contributed by atoms with Gasteiger partial charge in [-0.2, -0.15) is 11.3 Å². The Kier molecular flexibility index (Phi) is 2.32. The van der Waals surface area contributed by atoms with Crippen LogP contribution in [0, 0.1) is 0 Å². The van der Waals surface area contributed by atoms with Gasteiger partial charge in [0.25, 0.3) is 0 Å². The highest BCUT2D eigenvalue weighted by Crippen LogP contribution is 2.35. The summed E-state index contributed by atoms with van der Waals surface area (Å²) in [6.07, 6.45) is 0. The zero-order chi connectivity index (χ0) is 11.9. The van der Waals surface area contributed by atoms with Crippen molar-refractivity contribution in [2.75, 3.05) is 5.23 Å². The predicted octanol–water partition coefficient (Wildman–Crippen LogP) is 3.01. The molecular weight excluding hydrogens is 257 g/mol. The molecule has 0 bridgehead atoms. The Morgan fingerprint density at radius 1 is 0.944 bits per heavy atom. The maximum Gasteiger partial charge on any atom is 0.332 e. The van der Waals surface area contributed by atoms with Crippen LogP contribution in [-0.2, 0) is 0 Å². The molecule has 2 aromatic heterocycles. The van der Waals surface area contributed by atoms with Gasteiger partial charge in [-0.05, 0) is 17.0 Å². The smallest absolute Gasteiger partial charge is 0.332 e. The summed E-state index contributed by atoms with van der Waals surface area (Å²) in [6.45, 7) is 0.295. The molecule has 18 heavy (non-hydrogen) atoms. The topological polar surface area (TPSA) is 12.0 Å². The van der Waals surface area contributed by atoms with E-state index in [9.17, 15) is 0 Å². The lowest BCUT2D eigenvalue weighted by atomic mass is 9.52. The van der Waals surface area contributed by atoms with Crippen LogP contribution in [0.1, 0.15) is 0 Å². The number of benzene rings is 1. The van der Waals surface area contributed by atoms with E-state index < -0.39 is 0 Å². The first-order valence-electron chi connectivity index (χ1n) is 5.89. The Labute approximate surface area is 114 Å². The third kappa shape index (κ3) is 1.46. The number of hydrogen-bond acceptors (Lipinski definition) is 3. The molecule has 1 N–H and O–H groups in total. The van der Waals surface area contributed by atoms with E-state index in [-0.39, 0.29) is 0 Å². The lowest BCUT2D eigenvalue weighted by molar-refractivity contribution is 1.69. The standard InChI is InChI=1S/C14H10BNS2/c1-2-4-10(5-3-1)15-14-11(6-7-18-14)12-8-17-9-13(12)16-15/h1-9,16H. The number of anilines is 1. The highest BCUT2D eigenvalue weighted by Gasteiger charge is 2.30. The summed E-state index contributed by atoms with van der Waals surface area (Å²) in [5, 5.41) is 10.3. The van der Waals surface area contributed by atoms with Crippen molar-refractivity contribution in [3.8, 4) is 11.1 Å². The molecule has 86 valence electrons. The van der Waals surface area contributed by atoms with Gasteiger partial charge in [0.05, 0.1) is 0 Å². The van der Waals surface area contributed by atoms with Gasteiger partial charge in [-0.25, -0.2) is 0 Å². The van der Waals surface area contributed by atoms with Crippen LogP contribution < -0.4 is 15.5 Å². The Morgan fingerprint density at radius 2 is 1.83 bits per heavy atom. The number of nitrogens with one attached hydrogen (secondary N) is 1. The summed E-state index contributed by atoms with van der Waals surface area (Å²) in [5.74, 6) is 0. The molecule has 0 radical (unpaired) electrons. The molecule has 0 atom stereocenters. The molecule has 0 fully saturated rings. The molecule has 3 heterocycles. The van der Waals surface area contributed by atoms with Gasteiger partial charge in [0, 0.05) is 26.8 Å². The summed E-state index contributed by atoms with van der Waals surface area (Å²) >= 11 is 3.60. The van der Waals surface area contributed by atoms with E-state index >= 15 is 0 Å². The van der Waals surface area contributed by atoms with Gasteiger partial charge in [0.15, 0.2) is 0 Å². The fourth-order valence-electron chi connectivity index (χ4n) is 2.49. The van der Waals surface area contributed by atoms with Gasteiger partial charge >= 0.3 is 6.85 Å². The second-order valence-corrected chi connectivity index (χ2v) is 6.08. The van der Waals surface area contributed by atoms with Crippen molar-refractivity contribution in [1.29, 1.82) is 0 Å². The Balaban J connectivity index is 1.90. The van der Waals surface area contributed by atoms with Crippen LogP contribution in [0.4, 0.5) is 5.69 Å². The van der Waals surface area contributed by atoms with E-state index in [0.29, 0.717) is 6.85 Å². The number of fused-ring (bicyclic) bond motifs is 3. The van der Waals surface area contributed by atoms with E-state index in [1.54, 1.807) is 11.3 Å². The SMILES string of the molecule is c1ccc(B2Nc3cscc3-c3ccsc32)cc1. The first-order chi connectivity index (χ1) is 8.93. The maximum atomic E-state index is 3.66. The summed E-state index contributed by atoms with van der Waals surface area (Å²) in [6, 6.07) is 12.9. The summed E-state index contributed by atoms with van der Waals surface area (Å²) in [7, 11) is 0. The quantitative estimate of drug-likeness (QED) is 0.668. The Morgan fingerprint density at radius 3 is 2.72 bits per heavy atom. The van der Waals surface area contributed by atoms with Gasteiger partial charge in [0.1, 0.15) is 0 Å². The lowest BCUT2D eigenvalue weighted by Gasteiger charge is -2.22. The van der Waals surface area contributed by atoms with Gasteiger partial charge in [-0.1, -0.05) is 35.8 Å². The summed E-state index contributed by atoms with van der Waals surface area (Å²) < 4.78 is 1.42. The maximum absolute atomic E-state index is 3.66. The van der Waals surface area contributed by atoms with Gasteiger partial charge in [0.2, 0.25) is 0 Å². The molecule has 0 saturated carbocycles.